The Morgan fingerprint density at radius 2 is 1.62 bits per heavy atom. The third kappa shape index (κ3) is 5.86. The van der Waals surface area contributed by atoms with Gasteiger partial charge in [-0.25, -0.2) is 0 Å². The average molecular weight is 226 g/mol. The molecule has 1 saturated carbocycles. The van der Waals surface area contributed by atoms with Crippen LogP contribution in [0.4, 0.5) is 0 Å². The molecular weight excluding hydrogens is 196 g/mol. The molecule has 96 valence electrons. The Bertz CT molecular complexity index is 166. The minimum atomic E-state index is 0.789. The SMILES string of the molecule is CC(C)C(CNCCCNC1CC1)C(C)C. The van der Waals surface area contributed by atoms with Crippen molar-refractivity contribution in [3.05, 3.63) is 0 Å². The van der Waals surface area contributed by atoms with Crippen LogP contribution in [0, 0.1) is 17.8 Å². The van der Waals surface area contributed by atoms with E-state index in [-0.39, 0.29) is 0 Å². The van der Waals surface area contributed by atoms with Gasteiger partial charge in [-0.1, -0.05) is 27.7 Å². The first-order valence-corrected chi connectivity index (χ1v) is 7.05. The van der Waals surface area contributed by atoms with Crippen molar-refractivity contribution in [1.29, 1.82) is 0 Å². The summed E-state index contributed by atoms with van der Waals surface area (Å²) in [5, 5.41) is 7.15. The Labute approximate surface area is 102 Å². The first-order valence-electron chi connectivity index (χ1n) is 7.05. The maximum absolute atomic E-state index is 3.60. The van der Waals surface area contributed by atoms with Crippen LogP contribution >= 0.6 is 0 Å². The second-order valence-electron chi connectivity index (χ2n) is 5.94. The van der Waals surface area contributed by atoms with Crippen LogP contribution in [0.1, 0.15) is 47.0 Å². The maximum Gasteiger partial charge on any atom is 0.00682 e. The Balaban J connectivity index is 1.94. The van der Waals surface area contributed by atoms with Gasteiger partial charge in [0.1, 0.15) is 0 Å². The second-order valence-corrected chi connectivity index (χ2v) is 5.94. The zero-order chi connectivity index (χ0) is 12.0. The molecule has 0 atom stereocenters. The van der Waals surface area contributed by atoms with Gasteiger partial charge in [0.05, 0.1) is 0 Å². The average Bonchev–Trinajstić information content (AvgIpc) is 2.99. The monoisotopic (exact) mass is 226 g/mol. The van der Waals surface area contributed by atoms with Crippen molar-refractivity contribution in [2.75, 3.05) is 19.6 Å². The first-order chi connectivity index (χ1) is 7.61. The van der Waals surface area contributed by atoms with E-state index in [0.717, 1.165) is 30.3 Å². The molecular formula is C14H30N2. The van der Waals surface area contributed by atoms with E-state index in [1.807, 2.05) is 0 Å². The molecule has 0 heterocycles. The Kier molecular flexibility index (Phi) is 6.37. The molecule has 0 saturated heterocycles. The van der Waals surface area contributed by atoms with E-state index < -0.39 is 0 Å². The summed E-state index contributed by atoms with van der Waals surface area (Å²) >= 11 is 0. The molecule has 0 unspecified atom stereocenters. The van der Waals surface area contributed by atoms with E-state index in [9.17, 15) is 0 Å². The van der Waals surface area contributed by atoms with E-state index in [2.05, 4.69) is 38.3 Å². The van der Waals surface area contributed by atoms with Crippen LogP contribution in [0.5, 0.6) is 0 Å². The number of rotatable bonds is 9. The fourth-order valence-corrected chi connectivity index (χ4v) is 2.32. The highest BCUT2D eigenvalue weighted by Crippen LogP contribution is 2.19. The molecule has 0 aromatic heterocycles. The van der Waals surface area contributed by atoms with E-state index in [1.54, 1.807) is 0 Å². The van der Waals surface area contributed by atoms with Crippen LogP contribution in [0.2, 0.25) is 0 Å². The van der Waals surface area contributed by atoms with E-state index in [1.165, 1.54) is 32.4 Å². The molecule has 0 aromatic carbocycles. The summed E-state index contributed by atoms with van der Waals surface area (Å²) in [6, 6.07) is 0.860. The smallest absolute Gasteiger partial charge is 0.00682 e. The molecule has 0 aromatic rings. The molecule has 0 bridgehead atoms. The Morgan fingerprint density at radius 3 is 2.12 bits per heavy atom. The summed E-state index contributed by atoms with van der Waals surface area (Å²) < 4.78 is 0. The van der Waals surface area contributed by atoms with Gasteiger partial charge in [0.25, 0.3) is 0 Å². The van der Waals surface area contributed by atoms with E-state index in [0.29, 0.717) is 0 Å². The molecule has 0 radical (unpaired) electrons. The molecule has 2 heteroatoms. The van der Waals surface area contributed by atoms with Crippen LogP contribution in [0.3, 0.4) is 0 Å². The Hall–Kier alpha value is -0.0800. The lowest BCUT2D eigenvalue weighted by Crippen LogP contribution is -2.31. The van der Waals surface area contributed by atoms with Gasteiger partial charge in [0, 0.05) is 6.04 Å². The van der Waals surface area contributed by atoms with Crippen LogP contribution in [0.15, 0.2) is 0 Å². The van der Waals surface area contributed by atoms with Gasteiger partial charge in [0.15, 0.2) is 0 Å². The van der Waals surface area contributed by atoms with Crippen molar-refractivity contribution < 1.29 is 0 Å². The fourth-order valence-electron chi connectivity index (χ4n) is 2.32. The van der Waals surface area contributed by atoms with E-state index in [4.69, 9.17) is 0 Å². The summed E-state index contributed by atoms with van der Waals surface area (Å²) in [4.78, 5) is 0. The molecule has 2 N–H and O–H groups in total. The van der Waals surface area contributed by atoms with Crippen molar-refractivity contribution in [2.45, 2.75) is 53.0 Å². The number of nitrogens with one attached hydrogen (secondary N) is 2. The number of hydrogen-bond donors (Lipinski definition) is 2. The van der Waals surface area contributed by atoms with Gasteiger partial charge in [-0.15, -0.1) is 0 Å². The van der Waals surface area contributed by atoms with Gasteiger partial charge < -0.3 is 10.6 Å². The molecule has 0 aliphatic heterocycles. The molecule has 1 fully saturated rings. The molecule has 2 nitrogen and oxygen atoms in total. The third-order valence-corrected chi connectivity index (χ3v) is 3.63. The largest absolute Gasteiger partial charge is 0.316 e. The van der Waals surface area contributed by atoms with Crippen molar-refractivity contribution in [1.82, 2.24) is 10.6 Å². The lowest BCUT2D eigenvalue weighted by Gasteiger charge is -2.25. The normalized spacial score (nSPS) is 16.7. The van der Waals surface area contributed by atoms with Crippen molar-refractivity contribution >= 4 is 0 Å². The quantitative estimate of drug-likeness (QED) is 0.591. The predicted molar refractivity (Wildman–Crippen MR) is 71.7 cm³/mol. The molecule has 0 amide bonds. The first kappa shape index (κ1) is 14.0. The highest BCUT2D eigenvalue weighted by Gasteiger charge is 2.19. The second kappa shape index (κ2) is 7.29. The Morgan fingerprint density at radius 1 is 1.00 bits per heavy atom. The molecule has 1 aliphatic carbocycles. The van der Waals surface area contributed by atoms with Crippen LogP contribution < -0.4 is 10.6 Å². The summed E-state index contributed by atoms with van der Waals surface area (Å²) in [5.74, 6) is 2.39. The predicted octanol–water partition coefficient (Wildman–Crippen LogP) is 2.65. The van der Waals surface area contributed by atoms with E-state index >= 15 is 0 Å². The zero-order valence-electron chi connectivity index (χ0n) is 11.6. The summed E-state index contributed by atoms with van der Waals surface area (Å²) in [5.41, 5.74) is 0. The zero-order valence-corrected chi connectivity index (χ0v) is 11.6. The van der Waals surface area contributed by atoms with Gasteiger partial charge in [-0.3, -0.25) is 0 Å². The molecule has 1 aliphatic rings. The fraction of sp³-hybridized carbons (Fsp3) is 1.00. The van der Waals surface area contributed by atoms with Crippen LogP contribution in [0.25, 0.3) is 0 Å². The standard InChI is InChI=1S/C14H30N2/c1-11(2)14(12(3)4)10-15-8-5-9-16-13-6-7-13/h11-16H,5-10H2,1-4H3. The van der Waals surface area contributed by atoms with Gasteiger partial charge in [-0.2, -0.15) is 0 Å². The third-order valence-electron chi connectivity index (χ3n) is 3.63. The van der Waals surface area contributed by atoms with Crippen molar-refractivity contribution in [3.8, 4) is 0 Å². The van der Waals surface area contributed by atoms with Crippen molar-refractivity contribution in [3.63, 3.8) is 0 Å². The summed E-state index contributed by atoms with van der Waals surface area (Å²) in [7, 11) is 0. The molecule has 16 heavy (non-hydrogen) atoms. The maximum atomic E-state index is 3.60. The van der Waals surface area contributed by atoms with Crippen molar-refractivity contribution in [2.24, 2.45) is 17.8 Å². The van der Waals surface area contributed by atoms with Crippen LogP contribution in [-0.4, -0.2) is 25.7 Å². The molecule has 0 spiro atoms. The minimum Gasteiger partial charge on any atom is -0.316 e. The lowest BCUT2D eigenvalue weighted by molar-refractivity contribution is 0.276. The summed E-state index contributed by atoms with van der Waals surface area (Å²) in [6.07, 6.45) is 4.06. The summed E-state index contributed by atoms with van der Waals surface area (Å²) in [6.45, 7) is 12.9. The molecule has 1 rings (SSSR count). The topological polar surface area (TPSA) is 24.1 Å². The van der Waals surface area contributed by atoms with Crippen LogP contribution in [-0.2, 0) is 0 Å². The highest BCUT2D eigenvalue weighted by atomic mass is 14.9. The van der Waals surface area contributed by atoms with Gasteiger partial charge >= 0.3 is 0 Å². The van der Waals surface area contributed by atoms with Gasteiger partial charge in [-0.05, 0) is 56.7 Å². The lowest BCUT2D eigenvalue weighted by atomic mass is 9.85. The highest BCUT2D eigenvalue weighted by molar-refractivity contribution is 4.80. The number of hydrogen-bond acceptors (Lipinski definition) is 2. The van der Waals surface area contributed by atoms with Gasteiger partial charge in [0.2, 0.25) is 0 Å². The minimum absolute atomic E-state index is 0.789.